The van der Waals surface area contributed by atoms with E-state index in [9.17, 15) is 4.79 Å². The zero-order valence-electron chi connectivity index (χ0n) is 17.3. The number of rotatable bonds is 6. The van der Waals surface area contributed by atoms with E-state index in [0.717, 1.165) is 41.2 Å². The van der Waals surface area contributed by atoms with Crippen LogP contribution in [0.2, 0.25) is 0 Å². The van der Waals surface area contributed by atoms with Crippen LogP contribution in [0.25, 0.3) is 10.9 Å². The molecule has 0 atom stereocenters. The van der Waals surface area contributed by atoms with Gasteiger partial charge in [0.05, 0.1) is 6.42 Å². The van der Waals surface area contributed by atoms with Gasteiger partial charge in [-0.1, -0.05) is 18.2 Å². The fourth-order valence-electron chi connectivity index (χ4n) is 4.30. The van der Waals surface area contributed by atoms with Crippen molar-refractivity contribution in [3.8, 4) is 0 Å². The number of nitrogens with one attached hydrogen (secondary N) is 2. The lowest BCUT2D eigenvalue weighted by molar-refractivity contribution is -0.115. The van der Waals surface area contributed by atoms with E-state index in [1.54, 1.807) is 0 Å². The molecule has 29 heavy (non-hydrogen) atoms. The molecule has 1 fully saturated rings. The van der Waals surface area contributed by atoms with Crippen molar-refractivity contribution in [2.24, 2.45) is 5.92 Å². The highest BCUT2D eigenvalue weighted by molar-refractivity contribution is 5.95. The molecule has 1 aromatic heterocycles. The molecule has 3 aromatic rings. The van der Waals surface area contributed by atoms with Gasteiger partial charge in [-0.05, 0) is 68.8 Å². The average Bonchev–Trinajstić information content (AvgIpc) is 3.12. The number of hydrogen-bond donors (Lipinski definition) is 2. The molecule has 2 heterocycles. The van der Waals surface area contributed by atoms with Gasteiger partial charge in [-0.2, -0.15) is 0 Å². The second-order valence-corrected chi connectivity index (χ2v) is 8.32. The van der Waals surface area contributed by atoms with Gasteiger partial charge in [0.1, 0.15) is 0 Å². The van der Waals surface area contributed by atoms with Gasteiger partial charge in [0.15, 0.2) is 0 Å². The predicted molar refractivity (Wildman–Crippen MR) is 121 cm³/mol. The molecule has 1 aliphatic rings. The maximum absolute atomic E-state index is 12.5. The Hall–Kier alpha value is -2.79. The van der Waals surface area contributed by atoms with Crippen LogP contribution in [-0.4, -0.2) is 49.5 Å². The van der Waals surface area contributed by atoms with Crippen molar-refractivity contribution in [3.05, 3.63) is 60.3 Å². The molecule has 1 aliphatic heterocycles. The first-order valence-corrected chi connectivity index (χ1v) is 10.4. The normalized spacial score (nSPS) is 15.2. The van der Waals surface area contributed by atoms with Crippen molar-refractivity contribution in [2.75, 3.05) is 43.9 Å². The lowest BCUT2D eigenvalue weighted by Gasteiger charge is -2.34. The second-order valence-electron chi connectivity index (χ2n) is 8.32. The highest BCUT2D eigenvalue weighted by atomic mass is 16.1. The molecule has 0 saturated carbocycles. The van der Waals surface area contributed by atoms with Gasteiger partial charge in [-0.25, -0.2) is 0 Å². The third-order valence-corrected chi connectivity index (χ3v) is 5.78. The number of fused-ring (bicyclic) bond motifs is 1. The Balaban J connectivity index is 1.32. The lowest BCUT2D eigenvalue weighted by atomic mass is 9.96. The summed E-state index contributed by atoms with van der Waals surface area (Å²) in [6.07, 6.45) is 4.76. The molecule has 1 amide bonds. The van der Waals surface area contributed by atoms with Crippen molar-refractivity contribution in [3.63, 3.8) is 0 Å². The van der Waals surface area contributed by atoms with Crippen LogP contribution in [0.4, 0.5) is 11.4 Å². The Morgan fingerprint density at radius 3 is 2.55 bits per heavy atom. The molecule has 1 saturated heterocycles. The Morgan fingerprint density at radius 2 is 1.83 bits per heavy atom. The predicted octanol–water partition coefficient (Wildman–Crippen LogP) is 4.13. The molecular weight excluding hydrogens is 360 g/mol. The van der Waals surface area contributed by atoms with Crippen molar-refractivity contribution in [2.45, 2.75) is 19.3 Å². The summed E-state index contributed by atoms with van der Waals surface area (Å²) in [5.74, 6) is 0.802. The van der Waals surface area contributed by atoms with Crippen molar-refractivity contribution < 1.29 is 4.79 Å². The number of aromatic amines is 1. The first kappa shape index (κ1) is 19.5. The zero-order chi connectivity index (χ0) is 20.2. The van der Waals surface area contributed by atoms with E-state index in [-0.39, 0.29) is 5.91 Å². The topological polar surface area (TPSA) is 51.4 Å². The summed E-state index contributed by atoms with van der Waals surface area (Å²) in [7, 11) is 4.30. The number of anilines is 2. The monoisotopic (exact) mass is 390 g/mol. The highest BCUT2D eigenvalue weighted by Crippen LogP contribution is 2.25. The minimum atomic E-state index is 0.00648. The van der Waals surface area contributed by atoms with Crippen LogP contribution in [-0.2, 0) is 11.2 Å². The first-order valence-electron chi connectivity index (χ1n) is 10.4. The zero-order valence-corrected chi connectivity index (χ0v) is 17.3. The number of benzene rings is 2. The number of para-hydroxylation sites is 1. The molecule has 2 N–H and O–H groups in total. The van der Waals surface area contributed by atoms with Crippen molar-refractivity contribution >= 4 is 28.2 Å². The van der Waals surface area contributed by atoms with Crippen molar-refractivity contribution in [1.29, 1.82) is 0 Å². The Bertz CT molecular complexity index is 952. The number of carbonyl (C=O) groups is 1. The summed E-state index contributed by atoms with van der Waals surface area (Å²) in [6, 6.07) is 16.3. The summed E-state index contributed by atoms with van der Waals surface area (Å²) in [5, 5.41) is 4.13. The van der Waals surface area contributed by atoms with Gasteiger partial charge in [0.2, 0.25) is 5.91 Å². The van der Waals surface area contributed by atoms with E-state index in [0.29, 0.717) is 6.42 Å². The highest BCUT2D eigenvalue weighted by Gasteiger charge is 2.20. The molecule has 5 heteroatoms. The molecule has 0 radical (unpaired) electrons. The quantitative estimate of drug-likeness (QED) is 0.665. The van der Waals surface area contributed by atoms with Crippen molar-refractivity contribution in [1.82, 2.24) is 9.88 Å². The van der Waals surface area contributed by atoms with Gasteiger partial charge in [0.25, 0.3) is 0 Å². The number of amides is 1. The van der Waals surface area contributed by atoms with E-state index in [2.05, 4.69) is 46.3 Å². The van der Waals surface area contributed by atoms with Crippen LogP contribution >= 0.6 is 0 Å². The SMILES string of the molecule is CN(C)CC1CCN(c2ccc(NC(=O)Cc3c[nH]c4ccccc34)cc2)CC1. The standard InChI is InChI=1S/C24H30N4O/c1-27(2)17-18-11-13-28(14-12-18)21-9-7-20(8-10-21)26-24(29)15-19-16-25-23-6-4-3-5-22(19)23/h3-10,16,18,25H,11-15,17H2,1-2H3,(H,26,29). The maximum Gasteiger partial charge on any atom is 0.228 e. The van der Waals surface area contributed by atoms with Crippen LogP contribution in [0.15, 0.2) is 54.7 Å². The van der Waals surface area contributed by atoms with Gasteiger partial charge in [-0.15, -0.1) is 0 Å². The van der Waals surface area contributed by atoms with E-state index >= 15 is 0 Å². The number of piperidine rings is 1. The van der Waals surface area contributed by atoms with E-state index in [4.69, 9.17) is 0 Å². The summed E-state index contributed by atoms with van der Waals surface area (Å²) >= 11 is 0. The summed E-state index contributed by atoms with van der Waals surface area (Å²) in [4.78, 5) is 20.5. The summed E-state index contributed by atoms with van der Waals surface area (Å²) in [6.45, 7) is 3.38. The van der Waals surface area contributed by atoms with Gasteiger partial charge in [-0.3, -0.25) is 4.79 Å². The fourth-order valence-corrected chi connectivity index (χ4v) is 4.30. The average molecular weight is 391 g/mol. The third-order valence-electron chi connectivity index (χ3n) is 5.78. The number of aromatic nitrogens is 1. The second kappa shape index (κ2) is 8.70. The minimum Gasteiger partial charge on any atom is -0.372 e. The van der Waals surface area contributed by atoms with E-state index in [1.807, 2.05) is 42.6 Å². The van der Waals surface area contributed by atoms with Gasteiger partial charge in [0, 0.05) is 48.1 Å². The Labute approximate surface area is 172 Å². The molecule has 152 valence electrons. The van der Waals surface area contributed by atoms with Gasteiger partial charge < -0.3 is 20.1 Å². The van der Waals surface area contributed by atoms with Gasteiger partial charge >= 0.3 is 0 Å². The minimum absolute atomic E-state index is 0.00648. The van der Waals surface area contributed by atoms with Crippen LogP contribution in [0.5, 0.6) is 0 Å². The molecule has 5 nitrogen and oxygen atoms in total. The van der Waals surface area contributed by atoms with Crippen LogP contribution in [0.3, 0.4) is 0 Å². The Kier molecular flexibility index (Phi) is 5.86. The van der Waals surface area contributed by atoms with Crippen LogP contribution in [0, 0.1) is 5.92 Å². The largest absolute Gasteiger partial charge is 0.372 e. The molecule has 2 aromatic carbocycles. The smallest absolute Gasteiger partial charge is 0.228 e. The number of nitrogens with zero attached hydrogens (tertiary/aromatic N) is 2. The number of hydrogen-bond acceptors (Lipinski definition) is 3. The first-order chi connectivity index (χ1) is 14.1. The molecule has 0 aliphatic carbocycles. The third kappa shape index (κ3) is 4.80. The summed E-state index contributed by atoms with van der Waals surface area (Å²) < 4.78 is 0. The number of carbonyl (C=O) groups excluding carboxylic acids is 1. The fraction of sp³-hybridized carbons (Fsp3) is 0.375. The molecule has 0 bridgehead atoms. The van der Waals surface area contributed by atoms with Crippen LogP contribution < -0.4 is 10.2 Å². The molecule has 0 spiro atoms. The summed E-state index contributed by atoms with van der Waals surface area (Å²) in [5.41, 5.74) is 4.17. The number of H-pyrrole nitrogens is 1. The lowest BCUT2D eigenvalue weighted by Crippen LogP contribution is -2.37. The molecule has 0 unspecified atom stereocenters. The molecular formula is C24H30N4O. The van der Waals surface area contributed by atoms with Crippen LogP contribution in [0.1, 0.15) is 18.4 Å². The van der Waals surface area contributed by atoms with E-state index in [1.165, 1.54) is 25.1 Å². The molecule has 4 rings (SSSR count). The van der Waals surface area contributed by atoms with E-state index < -0.39 is 0 Å². The Morgan fingerprint density at radius 1 is 1.10 bits per heavy atom. The maximum atomic E-state index is 12.5.